The van der Waals surface area contributed by atoms with Gasteiger partial charge < -0.3 is 87.8 Å². The van der Waals surface area contributed by atoms with Crippen LogP contribution >= 0.6 is 69.6 Å². The molecule has 0 bridgehead atoms. The molecule has 1 saturated heterocycles. The largest absolute Gasteiger partial charge is 0.515 e. The molecule has 508 valence electrons. The van der Waals surface area contributed by atoms with E-state index in [9.17, 15) is 52.7 Å². The van der Waals surface area contributed by atoms with E-state index < -0.39 is 102 Å². The van der Waals surface area contributed by atoms with Gasteiger partial charge in [-0.25, -0.2) is 28.8 Å². The van der Waals surface area contributed by atoms with Crippen LogP contribution in [-0.4, -0.2) is 141 Å². The van der Waals surface area contributed by atoms with Gasteiger partial charge in [0.2, 0.25) is 39.7 Å². The van der Waals surface area contributed by atoms with Crippen LogP contribution in [0.4, 0.5) is 27.5 Å². The van der Waals surface area contributed by atoms with Crippen molar-refractivity contribution < 1.29 is 124 Å². The van der Waals surface area contributed by atoms with Gasteiger partial charge in [0.25, 0.3) is 0 Å². The highest BCUT2D eigenvalue weighted by Gasteiger charge is 2.32. The fraction of sp³-hybridized carbons (Fsp3) is 0.386. The lowest BCUT2D eigenvalue weighted by Gasteiger charge is -2.15. The summed E-state index contributed by atoms with van der Waals surface area (Å²) in [6, 6.07) is 25.5. The summed E-state index contributed by atoms with van der Waals surface area (Å²) in [5, 5.41) is 2.44. The summed E-state index contributed by atoms with van der Waals surface area (Å²) >= 11 is 30.2. The number of anilines is 3. The van der Waals surface area contributed by atoms with Crippen molar-refractivity contribution in [3.05, 3.63) is 97.1 Å². The Morgan fingerprint density at radius 2 is 0.796 bits per heavy atom. The Morgan fingerprint density at radius 1 is 0.473 bits per heavy atom. The number of nitrogens with one attached hydrogen (secondary N) is 1. The second-order valence-corrected chi connectivity index (χ2v) is 21.8. The van der Waals surface area contributed by atoms with Crippen molar-refractivity contribution >= 4 is 159 Å². The molecule has 0 unspecified atom stereocenters. The van der Waals surface area contributed by atoms with E-state index in [1.54, 1.807) is 84.9 Å². The normalized spacial score (nSPS) is 11.0. The lowest BCUT2D eigenvalue weighted by atomic mass is 10.2. The van der Waals surface area contributed by atoms with Crippen LogP contribution in [0.15, 0.2) is 102 Å². The minimum atomic E-state index is -2.24. The molecule has 0 saturated carbocycles. The average molecular weight is 1430 g/mol. The number of amides is 1. The van der Waals surface area contributed by atoms with Crippen molar-refractivity contribution in [3.63, 3.8) is 0 Å². The first-order chi connectivity index (χ1) is 44.3. The number of carbonyl (C=O) groups excluding carboxylic acids is 11. The third kappa shape index (κ3) is 45.2. The molecule has 0 aliphatic carbocycles. The standard InChI is InChI=1S/C26H26N2O12.C24H28N2O10.C4H8O.C3Cl6O3/c29-15-27-19-5-3-7-21(11-19)35-13-25(33)39-17-37-23(31)9-1-2-10-24(32)38-18-40-26(34)14-36-22-8-4-6-20(12-22)28-16-30;25-17-5-3-7-19(11-17)31-13-23(29)35-15-33-21(27)9-1-2-10-22(28)34-16-36-24(30)14-32-20-8-4-6-18(26)12-20;1-2-4-5-3-1;4-2(5,6)11-1(10)12-3(7,8)9/h3-8,11-12,15H,1-2,9-10,13-14,17-18H2,(H,27,29);3-8,11-12H,1-2,9-10,13-16,25-26H2;1-4H2;. The predicted octanol–water partition coefficient (Wildman–Crippen LogP) is 8.88. The van der Waals surface area contributed by atoms with Gasteiger partial charge in [-0.3, -0.25) is 24.0 Å². The molecule has 5 rings (SSSR count). The molecule has 1 aliphatic rings. The van der Waals surface area contributed by atoms with Crippen molar-refractivity contribution in [2.24, 2.45) is 4.99 Å². The van der Waals surface area contributed by atoms with Gasteiger partial charge in [0.05, 0.1) is 5.69 Å². The quantitative estimate of drug-likeness (QED) is 0.00461. The average Bonchev–Trinajstić information content (AvgIpc) is 3.51. The molecule has 1 heterocycles. The zero-order chi connectivity index (χ0) is 68.7. The number of nitrogens with two attached hydrogens (primary N) is 2. The van der Waals surface area contributed by atoms with Crippen LogP contribution in [0, 0.1) is 0 Å². The van der Waals surface area contributed by atoms with Crippen LogP contribution in [0.1, 0.15) is 64.2 Å². The van der Waals surface area contributed by atoms with Crippen molar-refractivity contribution in [1.82, 2.24) is 0 Å². The number of ether oxygens (including phenoxy) is 15. The second-order valence-electron chi connectivity index (χ2n) is 17.5. The molecule has 30 nitrogen and oxygen atoms in total. The van der Waals surface area contributed by atoms with Gasteiger partial charge in [-0.2, -0.15) is 4.99 Å². The first-order valence-corrected chi connectivity index (χ1v) is 29.2. The summed E-state index contributed by atoms with van der Waals surface area (Å²) in [5.41, 5.74) is 13.0. The number of rotatable bonds is 33. The summed E-state index contributed by atoms with van der Waals surface area (Å²) in [5.74, 6) is -4.02. The molecule has 0 spiro atoms. The third-order valence-electron chi connectivity index (χ3n) is 10.2. The van der Waals surface area contributed by atoms with Crippen LogP contribution in [0.2, 0.25) is 0 Å². The predicted molar refractivity (Wildman–Crippen MR) is 327 cm³/mol. The molecule has 1 aliphatic heterocycles. The SMILES string of the molecule is C1CCOC1.Nc1cccc(OCC(=O)OCOC(=O)CCCCC(=O)OCOC(=O)COc2cccc(N)c2)c1.O=C(OC(Cl)(Cl)Cl)OC(Cl)(Cl)Cl.O=C=Nc1cccc(OCC(=O)OCOC(=O)CCCCC(=O)OCOC(=O)COc2cccc(NC=O)c2)c1. The van der Waals surface area contributed by atoms with Gasteiger partial charge in [0.1, 0.15) is 23.0 Å². The number of alkyl halides is 6. The Bertz CT molecular complexity index is 2940. The Kier molecular flexibility index (Phi) is 40.8. The molecule has 1 fully saturated rings. The molecule has 36 heteroatoms. The van der Waals surface area contributed by atoms with Crippen LogP contribution < -0.4 is 35.7 Å². The zero-order valence-corrected chi connectivity index (χ0v) is 53.5. The van der Waals surface area contributed by atoms with Crippen molar-refractivity contribution in [2.75, 3.05) is 83.6 Å². The highest BCUT2D eigenvalue weighted by Crippen LogP contribution is 2.32. The van der Waals surface area contributed by atoms with Gasteiger partial charge in [0.15, 0.2) is 26.4 Å². The van der Waals surface area contributed by atoms with Gasteiger partial charge in [-0.15, -0.1) is 0 Å². The number of aliphatic imine (C=N–C) groups is 1. The lowest BCUT2D eigenvalue weighted by molar-refractivity contribution is -0.171. The van der Waals surface area contributed by atoms with Gasteiger partial charge in [0, 0.05) is 80.2 Å². The Hall–Kier alpha value is -8.74. The minimum absolute atomic E-state index is 0.0148. The van der Waals surface area contributed by atoms with Gasteiger partial charge in [-0.1, -0.05) is 24.3 Å². The van der Waals surface area contributed by atoms with E-state index in [4.69, 9.17) is 143 Å². The van der Waals surface area contributed by atoms with Crippen LogP contribution in [0.5, 0.6) is 23.0 Å². The van der Waals surface area contributed by atoms with E-state index in [2.05, 4.69) is 19.8 Å². The first-order valence-electron chi connectivity index (χ1n) is 26.9. The van der Waals surface area contributed by atoms with E-state index in [0.29, 0.717) is 72.1 Å². The molecular weight excluding hydrogens is 1370 g/mol. The Morgan fingerprint density at radius 3 is 1.11 bits per heavy atom. The second kappa shape index (κ2) is 47.2. The molecule has 0 atom stereocenters. The van der Waals surface area contributed by atoms with Gasteiger partial charge >= 0.3 is 61.9 Å². The van der Waals surface area contributed by atoms with Crippen LogP contribution in [0.3, 0.4) is 0 Å². The topological polar surface area (TPSA) is 403 Å². The highest BCUT2D eigenvalue weighted by molar-refractivity contribution is 6.67. The monoisotopic (exact) mass is 1430 g/mol. The fourth-order valence-corrected chi connectivity index (χ4v) is 6.49. The van der Waals surface area contributed by atoms with Crippen LogP contribution in [-0.2, 0) is 100 Å². The van der Waals surface area contributed by atoms with E-state index in [1.807, 2.05) is 0 Å². The minimum Gasteiger partial charge on any atom is -0.482 e. The maximum absolute atomic E-state index is 11.7. The maximum atomic E-state index is 11.7. The van der Waals surface area contributed by atoms with Crippen LogP contribution in [0.25, 0.3) is 0 Å². The van der Waals surface area contributed by atoms with E-state index in [0.717, 1.165) is 13.2 Å². The molecule has 0 aromatic heterocycles. The number of nitrogen functional groups attached to an aromatic ring is 2. The van der Waals surface area contributed by atoms with Gasteiger partial charge in [-0.05, 0) is 157 Å². The molecule has 93 heavy (non-hydrogen) atoms. The molecule has 4 aromatic rings. The van der Waals surface area contributed by atoms with Crippen molar-refractivity contribution in [1.29, 1.82) is 0 Å². The zero-order valence-electron chi connectivity index (χ0n) is 48.9. The summed E-state index contributed by atoms with van der Waals surface area (Å²) < 4.78 is 67.5. The lowest BCUT2D eigenvalue weighted by Crippen LogP contribution is -2.22. The fourth-order valence-electron chi connectivity index (χ4n) is 6.11. The van der Waals surface area contributed by atoms with E-state index in [1.165, 1.54) is 31.1 Å². The Labute approximate surface area is 560 Å². The number of benzene rings is 4. The summed E-state index contributed by atoms with van der Waals surface area (Å²) in [6.45, 7) is -1.92. The number of nitrogens with zero attached hydrogens (tertiary/aromatic N) is 1. The molecule has 1 amide bonds. The number of esters is 8. The van der Waals surface area contributed by atoms with Crippen molar-refractivity contribution in [2.45, 2.75) is 72.2 Å². The van der Waals surface area contributed by atoms with E-state index >= 15 is 0 Å². The maximum Gasteiger partial charge on any atom is 0.515 e. The molecular formula is C57H62Cl6N4O26. The summed E-state index contributed by atoms with van der Waals surface area (Å²) in [6.07, 6.45) is 4.31. The molecule has 4 aromatic carbocycles. The number of halogens is 6. The number of isocyanates is 1. The number of unbranched alkanes of at least 4 members (excludes halogenated alkanes) is 2. The molecule has 0 radical (unpaired) electrons. The summed E-state index contributed by atoms with van der Waals surface area (Å²) in [4.78, 5) is 128. The Balaban J connectivity index is 0.000000506. The number of carbonyl (C=O) groups is 10. The van der Waals surface area contributed by atoms with Crippen molar-refractivity contribution in [3.8, 4) is 23.0 Å². The smallest absolute Gasteiger partial charge is 0.482 e. The molecule has 5 N–H and O–H groups in total. The number of hydrogen-bond donors (Lipinski definition) is 3. The first kappa shape index (κ1) is 80.4. The number of hydrogen-bond acceptors (Lipinski definition) is 29. The summed E-state index contributed by atoms with van der Waals surface area (Å²) in [7, 11) is 0. The van der Waals surface area contributed by atoms with E-state index in [-0.39, 0.29) is 44.6 Å². The third-order valence-corrected chi connectivity index (χ3v) is 10.7. The highest BCUT2D eigenvalue weighted by atomic mass is 35.6.